The van der Waals surface area contributed by atoms with Crippen molar-refractivity contribution in [2.75, 3.05) is 6.61 Å². The quantitative estimate of drug-likeness (QED) is 0.305. The van der Waals surface area contributed by atoms with Gasteiger partial charge in [-0.05, 0) is 46.9 Å². The average molecular weight is 549 g/mol. The van der Waals surface area contributed by atoms with Gasteiger partial charge in [0.2, 0.25) is 12.2 Å². The molecule has 11 heteroatoms. The first-order valence-corrected chi connectivity index (χ1v) is 10.5. The van der Waals surface area contributed by atoms with E-state index in [2.05, 4.69) is 27.9 Å². The second-order valence-corrected chi connectivity index (χ2v) is 8.04. The third-order valence-corrected chi connectivity index (χ3v) is 4.86. The number of carbonyl (C=O) groups excluding carboxylic acids is 4. The summed E-state index contributed by atoms with van der Waals surface area (Å²) in [5, 5.41) is 2.64. The molecule has 5 atom stereocenters. The highest BCUT2D eigenvalue weighted by molar-refractivity contribution is 14.1. The molecule has 170 valence electrons. The lowest BCUT2D eigenvalue weighted by molar-refractivity contribution is -0.257. The molecular weight excluding hydrogens is 525 g/mol. The molecule has 10 nitrogen and oxygen atoms in total. The number of halogens is 1. The number of hydrogen-bond donors (Lipinski definition) is 1. The molecule has 2 rings (SSSR count). The van der Waals surface area contributed by atoms with Gasteiger partial charge in [-0.15, -0.1) is 0 Å². The molecule has 0 saturated carbocycles. The number of ether oxygens (including phenoxy) is 5. The molecule has 1 fully saturated rings. The monoisotopic (exact) mass is 549 g/mol. The van der Waals surface area contributed by atoms with Crippen LogP contribution >= 0.6 is 22.6 Å². The molecule has 0 unspecified atom stereocenters. The third kappa shape index (κ3) is 7.65. The summed E-state index contributed by atoms with van der Waals surface area (Å²) < 4.78 is 28.6. The third-order valence-electron chi connectivity index (χ3n) is 4.14. The van der Waals surface area contributed by atoms with Crippen molar-refractivity contribution in [3.05, 3.63) is 27.8 Å². The van der Waals surface area contributed by atoms with Gasteiger partial charge >= 0.3 is 17.9 Å². The van der Waals surface area contributed by atoms with Gasteiger partial charge in [0.05, 0.1) is 0 Å². The zero-order valence-electron chi connectivity index (χ0n) is 17.5. The van der Waals surface area contributed by atoms with Gasteiger partial charge in [0, 0.05) is 31.3 Å². The van der Waals surface area contributed by atoms with E-state index in [1.807, 2.05) is 12.1 Å². The lowest BCUT2D eigenvalue weighted by Gasteiger charge is -2.44. The molecule has 1 heterocycles. The Hall–Kier alpha value is -2.41. The standard InChI is InChI=1S/C20H24INO9/c1-10(23)22-17-19(29-13(4)26)18(28-12(3)25)16(9-27-11(2)24)31-20(17)30-15-7-5-14(21)6-8-15/h5-8,16-20H,9H2,1-4H3,(H,22,23)/t16-,17-,18+,19+,20+/m0/s1. The lowest BCUT2D eigenvalue weighted by atomic mass is 9.96. The van der Waals surface area contributed by atoms with Gasteiger partial charge in [0.25, 0.3) is 0 Å². The van der Waals surface area contributed by atoms with Crippen molar-refractivity contribution < 1.29 is 42.9 Å². The summed E-state index contributed by atoms with van der Waals surface area (Å²) in [5.74, 6) is -1.93. The molecule has 1 N–H and O–H groups in total. The fourth-order valence-electron chi connectivity index (χ4n) is 3.04. The smallest absolute Gasteiger partial charge is 0.303 e. The number of rotatable bonds is 7. The Bertz CT molecular complexity index is 813. The van der Waals surface area contributed by atoms with Crippen LogP contribution in [0.15, 0.2) is 24.3 Å². The van der Waals surface area contributed by atoms with Crippen LogP contribution in [0.4, 0.5) is 0 Å². The Morgan fingerprint density at radius 3 is 2.03 bits per heavy atom. The largest absolute Gasteiger partial charge is 0.463 e. The fourth-order valence-corrected chi connectivity index (χ4v) is 3.40. The molecular formula is C20H24INO9. The Kier molecular flexibility index (Phi) is 9.04. The van der Waals surface area contributed by atoms with Gasteiger partial charge in [-0.1, -0.05) is 0 Å². The molecule has 1 aliphatic rings. The Labute approximate surface area is 193 Å². The van der Waals surface area contributed by atoms with Gasteiger partial charge < -0.3 is 29.0 Å². The first kappa shape index (κ1) is 24.9. The SMILES string of the molecule is CC(=O)N[C@@H]1[C@H](Oc2ccc(I)cc2)O[C@@H](COC(C)=O)[C@@H](OC(C)=O)[C@@H]1OC(C)=O. The van der Waals surface area contributed by atoms with Crippen molar-refractivity contribution in [2.45, 2.75) is 58.3 Å². The van der Waals surface area contributed by atoms with Gasteiger partial charge in [-0.25, -0.2) is 0 Å². The second kappa shape index (κ2) is 11.3. The summed E-state index contributed by atoms with van der Waals surface area (Å²) in [6.07, 6.45) is -4.47. The van der Waals surface area contributed by atoms with Gasteiger partial charge in [-0.2, -0.15) is 0 Å². The first-order valence-electron chi connectivity index (χ1n) is 9.39. The molecule has 1 saturated heterocycles. The summed E-state index contributed by atoms with van der Waals surface area (Å²) in [5.41, 5.74) is 0. The van der Waals surface area contributed by atoms with E-state index in [0.717, 1.165) is 3.57 Å². The summed E-state index contributed by atoms with van der Waals surface area (Å²) >= 11 is 2.14. The number of nitrogens with one attached hydrogen (secondary N) is 1. The Morgan fingerprint density at radius 2 is 1.52 bits per heavy atom. The van der Waals surface area contributed by atoms with E-state index in [4.69, 9.17) is 23.7 Å². The van der Waals surface area contributed by atoms with Crippen LogP contribution in [0, 0.1) is 3.57 Å². The highest BCUT2D eigenvalue weighted by Crippen LogP contribution is 2.29. The van der Waals surface area contributed by atoms with E-state index in [1.165, 1.54) is 27.7 Å². The molecule has 1 aliphatic heterocycles. The van der Waals surface area contributed by atoms with Crippen LogP contribution in [-0.2, 0) is 38.1 Å². The van der Waals surface area contributed by atoms with Crippen LogP contribution in [0.2, 0.25) is 0 Å². The number of esters is 3. The van der Waals surface area contributed by atoms with Crippen molar-refractivity contribution in [1.29, 1.82) is 0 Å². The van der Waals surface area contributed by atoms with Gasteiger partial charge in [0.15, 0.2) is 12.2 Å². The molecule has 0 aliphatic carbocycles. The second-order valence-electron chi connectivity index (χ2n) is 6.79. The van der Waals surface area contributed by atoms with Crippen LogP contribution in [0.3, 0.4) is 0 Å². The van der Waals surface area contributed by atoms with Crippen molar-refractivity contribution >= 4 is 46.4 Å². The van der Waals surface area contributed by atoms with Crippen LogP contribution in [0.25, 0.3) is 0 Å². The minimum atomic E-state index is -1.16. The van der Waals surface area contributed by atoms with E-state index in [-0.39, 0.29) is 6.61 Å². The van der Waals surface area contributed by atoms with E-state index >= 15 is 0 Å². The maximum atomic E-state index is 11.9. The molecule has 1 aromatic carbocycles. The van der Waals surface area contributed by atoms with Crippen LogP contribution in [-0.4, -0.2) is 61.1 Å². The summed E-state index contributed by atoms with van der Waals surface area (Å²) in [6, 6.07) is 6.02. The number of benzene rings is 1. The molecule has 0 bridgehead atoms. The summed E-state index contributed by atoms with van der Waals surface area (Å²) in [7, 11) is 0. The predicted molar refractivity (Wildman–Crippen MR) is 114 cm³/mol. The molecule has 1 aromatic rings. The van der Waals surface area contributed by atoms with E-state index in [1.54, 1.807) is 12.1 Å². The normalized spacial score (nSPS) is 25.1. The molecule has 0 radical (unpaired) electrons. The number of hydrogen-bond acceptors (Lipinski definition) is 9. The topological polar surface area (TPSA) is 126 Å². The van der Waals surface area contributed by atoms with Gasteiger partial charge in [0.1, 0.15) is 24.5 Å². The maximum absolute atomic E-state index is 11.9. The van der Waals surface area contributed by atoms with Crippen molar-refractivity contribution in [1.82, 2.24) is 5.32 Å². The van der Waals surface area contributed by atoms with Crippen LogP contribution < -0.4 is 10.1 Å². The fraction of sp³-hybridized carbons (Fsp3) is 0.500. The van der Waals surface area contributed by atoms with E-state index in [9.17, 15) is 19.2 Å². The molecule has 31 heavy (non-hydrogen) atoms. The number of amides is 1. The van der Waals surface area contributed by atoms with Crippen molar-refractivity contribution in [3.63, 3.8) is 0 Å². The minimum absolute atomic E-state index is 0.287. The Morgan fingerprint density at radius 1 is 0.935 bits per heavy atom. The van der Waals surface area contributed by atoms with Crippen LogP contribution in [0.5, 0.6) is 5.75 Å². The maximum Gasteiger partial charge on any atom is 0.303 e. The first-order chi connectivity index (χ1) is 14.6. The Balaban J connectivity index is 2.43. The molecule has 0 spiro atoms. The zero-order chi connectivity index (χ0) is 23.1. The van der Waals surface area contributed by atoms with Crippen LogP contribution in [0.1, 0.15) is 27.7 Å². The number of carbonyl (C=O) groups is 4. The highest BCUT2D eigenvalue weighted by Gasteiger charge is 2.51. The van der Waals surface area contributed by atoms with Crippen molar-refractivity contribution in [2.24, 2.45) is 0 Å². The molecule has 0 aromatic heterocycles. The van der Waals surface area contributed by atoms with Gasteiger partial charge in [-0.3, -0.25) is 19.2 Å². The summed E-state index contributed by atoms with van der Waals surface area (Å²) in [6.45, 7) is 4.56. The van der Waals surface area contributed by atoms with E-state index < -0.39 is 54.5 Å². The van der Waals surface area contributed by atoms with E-state index in [0.29, 0.717) is 5.75 Å². The predicted octanol–water partition coefficient (Wildman–Crippen LogP) is 1.33. The average Bonchev–Trinajstić information content (AvgIpc) is 2.65. The highest BCUT2D eigenvalue weighted by atomic mass is 127. The zero-order valence-corrected chi connectivity index (χ0v) is 19.6. The summed E-state index contributed by atoms with van der Waals surface area (Å²) in [4.78, 5) is 46.7. The minimum Gasteiger partial charge on any atom is -0.463 e. The lowest BCUT2D eigenvalue weighted by Crippen LogP contribution is -2.67. The van der Waals surface area contributed by atoms with Crippen molar-refractivity contribution in [3.8, 4) is 5.75 Å². The molecule has 1 amide bonds.